The molecule has 2 aromatic carbocycles. The van der Waals surface area contributed by atoms with Crippen molar-refractivity contribution < 1.29 is 0 Å². The zero-order valence-corrected chi connectivity index (χ0v) is 16.9. The van der Waals surface area contributed by atoms with Crippen LogP contribution in [-0.4, -0.2) is 50.8 Å². The summed E-state index contributed by atoms with van der Waals surface area (Å²) in [6.45, 7) is 3.34. The van der Waals surface area contributed by atoms with Gasteiger partial charge in [-0.05, 0) is 11.1 Å². The number of aromatic amines is 1. The van der Waals surface area contributed by atoms with Gasteiger partial charge in [0.1, 0.15) is 5.39 Å². The highest BCUT2D eigenvalue weighted by Gasteiger charge is 2.27. The lowest BCUT2D eigenvalue weighted by molar-refractivity contribution is 0.211. The molecule has 2 aromatic heterocycles. The SMILES string of the molecule is Cn1ncc2c(=O)[nH]c(N3CCN(C(c4ccccc4)c4ccccc4)CC3)nc21. The molecule has 1 saturated heterocycles. The third kappa shape index (κ3) is 3.37. The lowest BCUT2D eigenvalue weighted by Crippen LogP contribution is -2.48. The van der Waals surface area contributed by atoms with Crippen LogP contribution in [-0.2, 0) is 7.05 Å². The fraction of sp³-hybridized carbons (Fsp3) is 0.261. The minimum Gasteiger partial charge on any atom is -0.340 e. The van der Waals surface area contributed by atoms with Gasteiger partial charge in [-0.25, -0.2) is 0 Å². The zero-order chi connectivity index (χ0) is 20.5. The van der Waals surface area contributed by atoms with Crippen molar-refractivity contribution in [3.8, 4) is 0 Å². The Hall–Kier alpha value is -3.45. The number of aryl methyl sites for hydroxylation is 1. The molecule has 4 aromatic rings. The number of anilines is 1. The molecular weight excluding hydrogens is 376 g/mol. The van der Waals surface area contributed by atoms with Crippen LogP contribution in [0.25, 0.3) is 11.0 Å². The maximum Gasteiger partial charge on any atom is 0.263 e. The molecule has 1 aliphatic rings. The molecule has 1 N–H and O–H groups in total. The van der Waals surface area contributed by atoms with Gasteiger partial charge in [0.25, 0.3) is 5.56 Å². The fourth-order valence-corrected chi connectivity index (χ4v) is 4.25. The Morgan fingerprint density at radius 2 is 1.50 bits per heavy atom. The molecule has 0 bridgehead atoms. The predicted molar refractivity (Wildman–Crippen MR) is 118 cm³/mol. The van der Waals surface area contributed by atoms with E-state index in [4.69, 9.17) is 0 Å². The van der Waals surface area contributed by atoms with Crippen molar-refractivity contribution in [2.75, 3.05) is 31.1 Å². The van der Waals surface area contributed by atoms with Gasteiger partial charge in [0.2, 0.25) is 5.95 Å². The second kappa shape index (κ2) is 7.76. The van der Waals surface area contributed by atoms with Gasteiger partial charge in [-0.1, -0.05) is 60.7 Å². The monoisotopic (exact) mass is 400 g/mol. The summed E-state index contributed by atoms with van der Waals surface area (Å²) < 4.78 is 1.64. The van der Waals surface area contributed by atoms with Crippen molar-refractivity contribution in [1.82, 2.24) is 24.6 Å². The highest BCUT2D eigenvalue weighted by atomic mass is 16.1. The number of nitrogens with one attached hydrogen (secondary N) is 1. The predicted octanol–water partition coefficient (Wildman–Crippen LogP) is 2.57. The first-order chi connectivity index (χ1) is 14.7. The first kappa shape index (κ1) is 18.6. The van der Waals surface area contributed by atoms with E-state index in [2.05, 4.69) is 85.5 Å². The number of aromatic nitrogens is 4. The second-order valence-corrected chi connectivity index (χ2v) is 7.64. The van der Waals surface area contributed by atoms with E-state index in [1.807, 2.05) is 0 Å². The molecule has 30 heavy (non-hydrogen) atoms. The highest BCUT2D eigenvalue weighted by Crippen LogP contribution is 2.29. The minimum atomic E-state index is -0.142. The first-order valence-corrected chi connectivity index (χ1v) is 10.2. The largest absolute Gasteiger partial charge is 0.340 e. The van der Waals surface area contributed by atoms with Crippen LogP contribution in [0.4, 0.5) is 5.95 Å². The van der Waals surface area contributed by atoms with E-state index in [0.29, 0.717) is 17.0 Å². The normalized spacial score (nSPS) is 15.2. The van der Waals surface area contributed by atoms with E-state index in [1.54, 1.807) is 17.9 Å². The zero-order valence-electron chi connectivity index (χ0n) is 16.9. The van der Waals surface area contributed by atoms with Gasteiger partial charge >= 0.3 is 0 Å². The fourth-order valence-electron chi connectivity index (χ4n) is 4.25. The van der Waals surface area contributed by atoms with E-state index in [-0.39, 0.29) is 11.6 Å². The van der Waals surface area contributed by atoms with Crippen LogP contribution in [0.5, 0.6) is 0 Å². The van der Waals surface area contributed by atoms with Crippen LogP contribution < -0.4 is 10.5 Å². The molecule has 3 heterocycles. The minimum absolute atomic E-state index is 0.142. The smallest absolute Gasteiger partial charge is 0.263 e. The number of fused-ring (bicyclic) bond motifs is 1. The summed E-state index contributed by atoms with van der Waals surface area (Å²) in [6, 6.07) is 21.5. The summed E-state index contributed by atoms with van der Waals surface area (Å²) in [7, 11) is 1.81. The number of hydrogen-bond donors (Lipinski definition) is 1. The maximum atomic E-state index is 12.4. The number of piperazine rings is 1. The molecule has 5 rings (SSSR count). The standard InChI is InChI=1S/C23H24N6O/c1-27-21-19(16-24-27)22(30)26-23(25-21)29-14-12-28(13-15-29)20(17-8-4-2-5-9-17)18-10-6-3-7-11-18/h2-11,16,20H,12-15H2,1H3,(H,25,26,30). The molecule has 0 radical (unpaired) electrons. The molecule has 0 saturated carbocycles. The van der Waals surface area contributed by atoms with Crippen molar-refractivity contribution in [3.05, 3.63) is 88.3 Å². The highest BCUT2D eigenvalue weighted by molar-refractivity contribution is 5.74. The summed E-state index contributed by atoms with van der Waals surface area (Å²) in [5.74, 6) is 0.617. The van der Waals surface area contributed by atoms with Crippen LogP contribution in [0.1, 0.15) is 17.2 Å². The third-order valence-electron chi connectivity index (χ3n) is 5.80. The Morgan fingerprint density at radius 3 is 2.10 bits per heavy atom. The Kier molecular flexibility index (Phi) is 4.80. The Labute approximate surface area is 174 Å². The van der Waals surface area contributed by atoms with E-state index >= 15 is 0 Å². The quantitative estimate of drug-likeness (QED) is 0.570. The van der Waals surface area contributed by atoms with Crippen LogP contribution in [0.2, 0.25) is 0 Å². The van der Waals surface area contributed by atoms with Gasteiger partial charge in [-0.2, -0.15) is 10.1 Å². The molecule has 1 fully saturated rings. The van der Waals surface area contributed by atoms with Crippen molar-refractivity contribution >= 4 is 17.0 Å². The average molecular weight is 400 g/mol. The Balaban J connectivity index is 1.40. The van der Waals surface area contributed by atoms with Crippen molar-refractivity contribution in [3.63, 3.8) is 0 Å². The molecule has 7 heteroatoms. The molecule has 0 aliphatic carbocycles. The van der Waals surface area contributed by atoms with E-state index in [9.17, 15) is 4.79 Å². The molecule has 7 nitrogen and oxygen atoms in total. The lowest BCUT2D eigenvalue weighted by atomic mass is 9.96. The molecule has 152 valence electrons. The van der Waals surface area contributed by atoms with Crippen LogP contribution >= 0.6 is 0 Å². The number of rotatable bonds is 4. The Bertz CT molecular complexity index is 1150. The summed E-state index contributed by atoms with van der Waals surface area (Å²) in [6.07, 6.45) is 1.56. The van der Waals surface area contributed by atoms with Crippen molar-refractivity contribution in [2.45, 2.75) is 6.04 Å². The van der Waals surface area contributed by atoms with Crippen LogP contribution in [0, 0.1) is 0 Å². The molecule has 0 atom stereocenters. The second-order valence-electron chi connectivity index (χ2n) is 7.64. The first-order valence-electron chi connectivity index (χ1n) is 10.2. The summed E-state index contributed by atoms with van der Waals surface area (Å²) in [5, 5.41) is 4.67. The van der Waals surface area contributed by atoms with Gasteiger partial charge in [0.05, 0.1) is 12.2 Å². The van der Waals surface area contributed by atoms with Gasteiger partial charge in [-0.15, -0.1) is 0 Å². The summed E-state index contributed by atoms with van der Waals surface area (Å²) >= 11 is 0. The maximum absolute atomic E-state index is 12.4. The lowest BCUT2D eigenvalue weighted by Gasteiger charge is -2.40. The van der Waals surface area contributed by atoms with Crippen LogP contribution in [0.3, 0.4) is 0 Å². The van der Waals surface area contributed by atoms with Gasteiger partial charge in [0.15, 0.2) is 5.65 Å². The molecular formula is C23H24N6O. The van der Waals surface area contributed by atoms with E-state index in [0.717, 1.165) is 26.2 Å². The van der Waals surface area contributed by atoms with Crippen molar-refractivity contribution in [2.24, 2.45) is 7.05 Å². The molecule has 1 aliphatic heterocycles. The van der Waals surface area contributed by atoms with Gasteiger partial charge in [0, 0.05) is 33.2 Å². The molecule has 0 unspecified atom stereocenters. The van der Waals surface area contributed by atoms with E-state index < -0.39 is 0 Å². The topological polar surface area (TPSA) is 70.1 Å². The Morgan fingerprint density at radius 1 is 0.900 bits per heavy atom. The molecule has 0 spiro atoms. The number of benzene rings is 2. The van der Waals surface area contributed by atoms with E-state index in [1.165, 1.54) is 11.1 Å². The van der Waals surface area contributed by atoms with Gasteiger partial charge < -0.3 is 4.90 Å². The number of H-pyrrole nitrogens is 1. The number of nitrogens with zero attached hydrogens (tertiary/aromatic N) is 5. The van der Waals surface area contributed by atoms with Crippen molar-refractivity contribution in [1.29, 1.82) is 0 Å². The average Bonchev–Trinajstić information content (AvgIpc) is 3.17. The van der Waals surface area contributed by atoms with Crippen LogP contribution in [0.15, 0.2) is 71.7 Å². The third-order valence-corrected chi connectivity index (χ3v) is 5.80. The summed E-state index contributed by atoms with van der Waals surface area (Å²) in [4.78, 5) is 24.7. The summed E-state index contributed by atoms with van der Waals surface area (Å²) in [5.41, 5.74) is 3.06. The molecule has 0 amide bonds. The number of hydrogen-bond acceptors (Lipinski definition) is 5. The van der Waals surface area contributed by atoms with Gasteiger partial charge in [-0.3, -0.25) is 19.4 Å².